The highest BCUT2D eigenvalue weighted by Crippen LogP contribution is 2.27. The summed E-state index contributed by atoms with van der Waals surface area (Å²) in [4.78, 5) is -0.00459. The minimum atomic E-state index is -3.74. The molecule has 0 radical (unpaired) electrons. The molecule has 6 heteroatoms. The van der Waals surface area contributed by atoms with Crippen molar-refractivity contribution in [1.82, 2.24) is 4.72 Å². The Morgan fingerprint density at radius 2 is 1.81 bits per heavy atom. The Balaban J connectivity index is 2.33. The van der Waals surface area contributed by atoms with Gasteiger partial charge in [-0.2, -0.15) is 0 Å². The Morgan fingerprint density at radius 3 is 2.43 bits per heavy atom. The molecule has 0 fully saturated rings. The summed E-state index contributed by atoms with van der Waals surface area (Å²) in [5, 5.41) is 0.162. The van der Waals surface area contributed by atoms with Crippen LogP contribution < -0.4 is 10.5 Å². The molecule has 4 nitrogen and oxygen atoms in total. The smallest absolute Gasteiger partial charge is 0.242 e. The number of halogens is 1. The van der Waals surface area contributed by atoms with Crippen molar-refractivity contribution in [3.8, 4) is 0 Å². The lowest BCUT2D eigenvalue weighted by Gasteiger charge is -2.16. The van der Waals surface area contributed by atoms with Crippen LogP contribution in [0, 0.1) is 6.92 Å². The summed E-state index contributed by atoms with van der Waals surface area (Å²) in [6, 6.07) is 11.9. The molecule has 0 aromatic heterocycles. The fraction of sp³-hybridized carbons (Fsp3) is 0.200. The van der Waals surface area contributed by atoms with Crippen molar-refractivity contribution < 1.29 is 8.42 Å². The zero-order chi connectivity index (χ0) is 15.6. The van der Waals surface area contributed by atoms with Crippen LogP contribution in [-0.2, 0) is 10.0 Å². The van der Waals surface area contributed by atoms with Gasteiger partial charge in [-0.15, -0.1) is 0 Å². The standard InChI is InChI=1S/C15H17ClN2O2S/c1-10-8-13(16)15(9-14(10)17)21(19,20)18-11(2)12-6-4-3-5-7-12/h3-9,11,18H,17H2,1-2H3. The van der Waals surface area contributed by atoms with Crippen LogP contribution in [0.25, 0.3) is 0 Å². The molecule has 0 bridgehead atoms. The number of nitrogen functional groups attached to an aromatic ring is 1. The predicted molar refractivity (Wildman–Crippen MR) is 85.8 cm³/mol. The highest BCUT2D eigenvalue weighted by molar-refractivity contribution is 7.89. The number of nitrogens with two attached hydrogens (primary N) is 1. The van der Waals surface area contributed by atoms with Gasteiger partial charge in [0, 0.05) is 11.7 Å². The molecule has 1 unspecified atom stereocenters. The molecule has 0 saturated heterocycles. The number of benzene rings is 2. The van der Waals surface area contributed by atoms with Crippen molar-refractivity contribution >= 4 is 27.3 Å². The van der Waals surface area contributed by atoms with E-state index in [0.717, 1.165) is 11.1 Å². The van der Waals surface area contributed by atoms with Crippen molar-refractivity contribution in [3.05, 3.63) is 58.6 Å². The fourth-order valence-corrected chi connectivity index (χ4v) is 3.83. The van der Waals surface area contributed by atoms with E-state index in [1.54, 1.807) is 19.9 Å². The second kappa shape index (κ2) is 6.05. The van der Waals surface area contributed by atoms with Crippen LogP contribution in [0.15, 0.2) is 47.4 Å². The van der Waals surface area contributed by atoms with Gasteiger partial charge in [0.15, 0.2) is 0 Å². The number of hydrogen-bond acceptors (Lipinski definition) is 3. The molecule has 0 aliphatic carbocycles. The fourth-order valence-electron chi connectivity index (χ4n) is 1.98. The maximum absolute atomic E-state index is 12.4. The molecule has 0 amide bonds. The lowest BCUT2D eigenvalue weighted by Crippen LogP contribution is -2.27. The Labute approximate surface area is 130 Å². The largest absolute Gasteiger partial charge is 0.398 e. The Hall–Kier alpha value is -1.56. The summed E-state index contributed by atoms with van der Waals surface area (Å²) >= 11 is 6.04. The van der Waals surface area contributed by atoms with E-state index in [2.05, 4.69) is 4.72 Å². The number of nitrogens with one attached hydrogen (secondary N) is 1. The van der Waals surface area contributed by atoms with Crippen molar-refractivity contribution in [1.29, 1.82) is 0 Å². The van der Waals surface area contributed by atoms with Gasteiger partial charge in [0.05, 0.1) is 5.02 Å². The summed E-state index contributed by atoms with van der Waals surface area (Å²) < 4.78 is 27.5. The molecule has 0 aliphatic rings. The molecular weight excluding hydrogens is 308 g/mol. The minimum absolute atomic E-state index is 0.00459. The molecule has 112 valence electrons. The highest BCUT2D eigenvalue weighted by atomic mass is 35.5. The van der Waals surface area contributed by atoms with Gasteiger partial charge in [0.25, 0.3) is 0 Å². The molecular formula is C15H17ClN2O2S. The van der Waals surface area contributed by atoms with E-state index in [1.165, 1.54) is 6.07 Å². The van der Waals surface area contributed by atoms with Gasteiger partial charge in [-0.05, 0) is 37.1 Å². The van der Waals surface area contributed by atoms with E-state index in [4.69, 9.17) is 17.3 Å². The van der Waals surface area contributed by atoms with E-state index in [1.807, 2.05) is 30.3 Å². The Bertz CT molecular complexity index is 746. The van der Waals surface area contributed by atoms with Crippen LogP contribution in [0.4, 0.5) is 5.69 Å². The first kappa shape index (κ1) is 15.8. The predicted octanol–water partition coefficient (Wildman–Crippen LogP) is 3.27. The molecule has 3 N–H and O–H groups in total. The van der Waals surface area contributed by atoms with Crippen molar-refractivity contribution in [2.24, 2.45) is 0 Å². The van der Waals surface area contributed by atoms with Crippen LogP contribution in [0.3, 0.4) is 0 Å². The highest BCUT2D eigenvalue weighted by Gasteiger charge is 2.22. The monoisotopic (exact) mass is 324 g/mol. The second-order valence-electron chi connectivity index (χ2n) is 4.89. The first-order chi connectivity index (χ1) is 9.81. The van der Waals surface area contributed by atoms with Gasteiger partial charge < -0.3 is 5.73 Å². The van der Waals surface area contributed by atoms with Crippen LogP contribution >= 0.6 is 11.6 Å². The number of anilines is 1. The third-order valence-corrected chi connectivity index (χ3v) is 5.25. The molecule has 0 spiro atoms. The Kier molecular flexibility index (Phi) is 4.56. The number of sulfonamides is 1. The van der Waals surface area contributed by atoms with Crippen LogP contribution in [-0.4, -0.2) is 8.42 Å². The summed E-state index contributed by atoms with van der Waals surface area (Å²) in [7, 11) is -3.74. The second-order valence-corrected chi connectivity index (χ2v) is 6.98. The van der Waals surface area contributed by atoms with Gasteiger partial charge >= 0.3 is 0 Å². The van der Waals surface area contributed by atoms with Crippen LogP contribution in [0.1, 0.15) is 24.1 Å². The van der Waals surface area contributed by atoms with E-state index in [0.29, 0.717) is 5.69 Å². The van der Waals surface area contributed by atoms with E-state index >= 15 is 0 Å². The third-order valence-electron chi connectivity index (χ3n) is 3.24. The molecule has 21 heavy (non-hydrogen) atoms. The van der Waals surface area contributed by atoms with Gasteiger partial charge in [0.2, 0.25) is 10.0 Å². The summed E-state index contributed by atoms with van der Waals surface area (Å²) in [5.41, 5.74) is 7.79. The normalized spacial score (nSPS) is 13.1. The quantitative estimate of drug-likeness (QED) is 0.848. The number of rotatable bonds is 4. The number of hydrogen-bond donors (Lipinski definition) is 2. The van der Waals surface area contributed by atoms with E-state index in [-0.39, 0.29) is 16.0 Å². The molecule has 2 aromatic rings. The summed E-state index contributed by atoms with van der Waals surface area (Å²) in [6.07, 6.45) is 0. The molecule has 0 saturated carbocycles. The maximum Gasteiger partial charge on any atom is 0.242 e. The Morgan fingerprint density at radius 1 is 1.19 bits per heavy atom. The molecule has 0 heterocycles. The van der Waals surface area contributed by atoms with E-state index in [9.17, 15) is 8.42 Å². The lowest BCUT2D eigenvalue weighted by atomic mass is 10.1. The average Bonchev–Trinajstić information content (AvgIpc) is 2.43. The zero-order valence-electron chi connectivity index (χ0n) is 11.8. The molecule has 2 rings (SSSR count). The van der Waals surface area contributed by atoms with Crippen LogP contribution in [0.5, 0.6) is 0 Å². The first-order valence-electron chi connectivity index (χ1n) is 6.44. The van der Waals surface area contributed by atoms with Gasteiger partial charge in [-0.1, -0.05) is 41.9 Å². The van der Waals surface area contributed by atoms with Gasteiger partial charge in [0.1, 0.15) is 4.90 Å². The SMILES string of the molecule is Cc1cc(Cl)c(S(=O)(=O)NC(C)c2ccccc2)cc1N. The van der Waals surface area contributed by atoms with Gasteiger partial charge in [-0.3, -0.25) is 0 Å². The number of aryl methyl sites for hydroxylation is 1. The topological polar surface area (TPSA) is 72.2 Å². The maximum atomic E-state index is 12.4. The third kappa shape index (κ3) is 3.56. The average molecular weight is 325 g/mol. The van der Waals surface area contributed by atoms with Crippen molar-refractivity contribution in [2.45, 2.75) is 24.8 Å². The molecule has 0 aliphatic heterocycles. The minimum Gasteiger partial charge on any atom is -0.398 e. The van der Waals surface area contributed by atoms with E-state index < -0.39 is 10.0 Å². The summed E-state index contributed by atoms with van der Waals surface area (Å²) in [5.74, 6) is 0. The first-order valence-corrected chi connectivity index (χ1v) is 8.30. The summed E-state index contributed by atoms with van der Waals surface area (Å²) in [6.45, 7) is 3.55. The zero-order valence-corrected chi connectivity index (χ0v) is 13.4. The van der Waals surface area contributed by atoms with Crippen molar-refractivity contribution in [2.75, 3.05) is 5.73 Å². The molecule has 2 aromatic carbocycles. The van der Waals surface area contributed by atoms with Crippen LogP contribution in [0.2, 0.25) is 5.02 Å². The molecule has 1 atom stereocenters. The van der Waals surface area contributed by atoms with Crippen molar-refractivity contribution in [3.63, 3.8) is 0 Å². The lowest BCUT2D eigenvalue weighted by molar-refractivity contribution is 0.567. The van der Waals surface area contributed by atoms with Gasteiger partial charge in [-0.25, -0.2) is 13.1 Å².